The molecular weight excluding hydrogens is 263 g/mol. The fraction of sp³-hybridized carbons (Fsp3) is 0. The molecule has 1 aromatic carbocycles. The summed E-state index contributed by atoms with van der Waals surface area (Å²) in [4.78, 5) is 13.6. The lowest BCUT2D eigenvalue weighted by Gasteiger charge is -2.04. The average molecular weight is 269 g/mol. The number of halogens is 2. The smallest absolute Gasteiger partial charge is 0.358 e. The van der Waals surface area contributed by atoms with Crippen molar-refractivity contribution in [2.45, 2.75) is 0 Å². The van der Waals surface area contributed by atoms with E-state index < -0.39 is 4.92 Å². The van der Waals surface area contributed by atoms with Gasteiger partial charge in [-0.1, -0.05) is 29.3 Å². The van der Waals surface area contributed by atoms with E-state index in [1.165, 1.54) is 12.3 Å². The van der Waals surface area contributed by atoms with Crippen LogP contribution in [0, 0.1) is 10.1 Å². The van der Waals surface area contributed by atoms with Gasteiger partial charge in [-0.3, -0.25) is 0 Å². The lowest BCUT2D eigenvalue weighted by atomic mass is 10.1. The van der Waals surface area contributed by atoms with Crippen molar-refractivity contribution in [1.82, 2.24) is 4.98 Å². The summed E-state index contributed by atoms with van der Waals surface area (Å²) in [5.41, 5.74) is 1.27. The molecule has 1 aromatic heterocycles. The summed E-state index contributed by atoms with van der Waals surface area (Å²) in [6, 6.07) is 8.01. The summed E-state index contributed by atoms with van der Waals surface area (Å²) in [7, 11) is 0. The Kier molecular flexibility index (Phi) is 3.26. The first-order valence-electron chi connectivity index (χ1n) is 4.64. The summed E-state index contributed by atoms with van der Waals surface area (Å²) in [5, 5.41) is 11.4. The van der Waals surface area contributed by atoms with Gasteiger partial charge in [-0.05, 0) is 28.1 Å². The topological polar surface area (TPSA) is 56.0 Å². The van der Waals surface area contributed by atoms with Gasteiger partial charge in [0.15, 0.2) is 0 Å². The lowest BCUT2D eigenvalue weighted by Crippen LogP contribution is -1.91. The van der Waals surface area contributed by atoms with Gasteiger partial charge in [-0.25, -0.2) is 0 Å². The van der Waals surface area contributed by atoms with E-state index in [1.807, 2.05) is 0 Å². The van der Waals surface area contributed by atoms with Crippen LogP contribution < -0.4 is 0 Å². The SMILES string of the molecule is O=[N+]([O-])c1ccc(-c2c(Cl)cccc2Cl)cn1. The number of hydrogen-bond donors (Lipinski definition) is 0. The average Bonchev–Trinajstić information content (AvgIpc) is 2.29. The second-order valence-corrected chi connectivity index (χ2v) is 4.07. The van der Waals surface area contributed by atoms with Crippen LogP contribution in [-0.2, 0) is 0 Å². The maximum absolute atomic E-state index is 10.5. The first-order chi connectivity index (χ1) is 8.09. The van der Waals surface area contributed by atoms with Crippen molar-refractivity contribution >= 4 is 29.0 Å². The van der Waals surface area contributed by atoms with Gasteiger partial charge in [0, 0.05) is 17.2 Å². The Bertz CT molecular complexity index is 550. The highest BCUT2D eigenvalue weighted by Gasteiger charge is 2.12. The van der Waals surface area contributed by atoms with Crippen molar-refractivity contribution in [2.24, 2.45) is 0 Å². The van der Waals surface area contributed by atoms with E-state index in [2.05, 4.69) is 4.98 Å². The van der Waals surface area contributed by atoms with Gasteiger partial charge in [0.25, 0.3) is 0 Å². The van der Waals surface area contributed by atoms with E-state index in [0.29, 0.717) is 21.2 Å². The van der Waals surface area contributed by atoms with Crippen LogP contribution in [0.2, 0.25) is 10.0 Å². The molecule has 0 unspecified atom stereocenters. The van der Waals surface area contributed by atoms with Crippen LogP contribution in [0.4, 0.5) is 5.82 Å². The van der Waals surface area contributed by atoms with Gasteiger partial charge in [0.05, 0.1) is 10.0 Å². The predicted molar refractivity (Wildman–Crippen MR) is 66.3 cm³/mol. The quantitative estimate of drug-likeness (QED) is 0.612. The summed E-state index contributed by atoms with van der Waals surface area (Å²) < 4.78 is 0. The highest BCUT2D eigenvalue weighted by atomic mass is 35.5. The molecule has 0 aliphatic carbocycles. The Balaban J connectivity index is 2.50. The highest BCUT2D eigenvalue weighted by Crippen LogP contribution is 2.34. The Hall–Kier alpha value is -1.65. The standard InChI is InChI=1S/C11H6Cl2N2O2/c12-8-2-1-3-9(13)11(8)7-4-5-10(14-6-7)15(16)17/h1-6H. The Morgan fingerprint density at radius 1 is 1.12 bits per heavy atom. The minimum Gasteiger partial charge on any atom is -0.358 e. The first kappa shape index (κ1) is 11.8. The third-order valence-corrected chi connectivity index (χ3v) is 2.82. The zero-order valence-corrected chi connectivity index (χ0v) is 9.94. The van der Waals surface area contributed by atoms with Crippen molar-refractivity contribution in [3.63, 3.8) is 0 Å². The Labute approximate surface area is 107 Å². The number of benzene rings is 1. The molecule has 86 valence electrons. The molecule has 2 aromatic rings. The number of nitrogens with zero attached hydrogens (tertiary/aromatic N) is 2. The van der Waals surface area contributed by atoms with Crippen molar-refractivity contribution in [2.75, 3.05) is 0 Å². The maximum atomic E-state index is 10.5. The molecule has 0 aliphatic rings. The van der Waals surface area contributed by atoms with Crippen LogP contribution in [0.5, 0.6) is 0 Å². The van der Waals surface area contributed by atoms with Crippen LogP contribution >= 0.6 is 23.2 Å². The second-order valence-electron chi connectivity index (χ2n) is 3.26. The highest BCUT2D eigenvalue weighted by molar-refractivity contribution is 6.39. The van der Waals surface area contributed by atoms with E-state index >= 15 is 0 Å². The Morgan fingerprint density at radius 2 is 1.76 bits per heavy atom. The van der Waals surface area contributed by atoms with Gasteiger partial charge < -0.3 is 10.1 Å². The summed E-state index contributed by atoms with van der Waals surface area (Å²) in [6.07, 6.45) is 1.38. The number of pyridine rings is 1. The van der Waals surface area contributed by atoms with Crippen molar-refractivity contribution in [3.8, 4) is 11.1 Å². The van der Waals surface area contributed by atoms with Gasteiger partial charge in [0.1, 0.15) is 6.20 Å². The molecule has 0 atom stereocenters. The minimum absolute atomic E-state index is 0.211. The fourth-order valence-corrected chi connectivity index (χ4v) is 2.03. The molecule has 6 heteroatoms. The normalized spacial score (nSPS) is 10.2. The third kappa shape index (κ3) is 2.38. The van der Waals surface area contributed by atoms with Gasteiger partial charge in [-0.15, -0.1) is 0 Å². The van der Waals surface area contributed by atoms with Gasteiger partial charge >= 0.3 is 5.82 Å². The Morgan fingerprint density at radius 3 is 2.24 bits per heavy atom. The van der Waals surface area contributed by atoms with Crippen LogP contribution in [0.1, 0.15) is 0 Å². The van der Waals surface area contributed by atoms with E-state index in [0.717, 1.165) is 0 Å². The molecule has 4 nitrogen and oxygen atoms in total. The molecule has 0 fully saturated rings. The molecule has 0 radical (unpaired) electrons. The molecule has 0 amide bonds. The minimum atomic E-state index is -0.558. The zero-order valence-electron chi connectivity index (χ0n) is 8.43. The summed E-state index contributed by atoms with van der Waals surface area (Å²) in [6.45, 7) is 0. The van der Waals surface area contributed by atoms with E-state index in [4.69, 9.17) is 23.2 Å². The van der Waals surface area contributed by atoms with Crippen LogP contribution in [-0.4, -0.2) is 9.91 Å². The summed E-state index contributed by atoms with van der Waals surface area (Å²) >= 11 is 12.0. The van der Waals surface area contributed by atoms with Crippen LogP contribution in [0.3, 0.4) is 0 Å². The monoisotopic (exact) mass is 268 g/mol. The van der Waals surface area contributed by atoms with E-state index in [1.54, 1.807) is 24.3 Å². The number of aromatic nitrogens is 1. The number of rotatable bonds is 2. The third-order valence-electron chi connectivity index (χ3n) is 2.19. The molecule has 0 spiro atoms. The molecule has 0 saturated heterocycles. The number of hydrogen-bond acceptors (Lipinski definition) is 3. The van der Waals surface area contributed by atoms with Crippen molar-refractivity contribution in [1.29, 1.82) is 0 Å². The maximum Gasteiger partial charge on any atom is 0.363 e. The number of nitro groups is 1. The lowest BCUT2D eigenvalue weighted by molar-refractivity contribution is -0.389. The van der Waals surface area contributed by atoms with Gasteiger partial charge in [-0.2, -0.15) is 0 Å². The molecule has 2 rings (SSSR count). The molecular formula is C11H6Cl2N2O2. The zero-order chi connectivity index (χ0) is 12.4. The molecule has 0 N–H and O–H groups in total. The molecule has 17 heavy (non-hydrogen) atoms. The van der Waals surface area contributed by atoms with Crippen molar-refractivity contribution in [3.05, 3.63) is 56.7 Å². The van der Waals surface area contributed by atoms with Crippen LogP contribution in [0.25, 0.3) is 11.1 Å². The second kappa shape index (κ2) is 4.69. The molecule has 0 saturated carbocycles. The van der Waals surface area contributed by atoms with E-state index in [-0.39, 0.29) is 5.82 Å². The summed E-state index contributed by atoms with van der Waals surface area (Å²) in [5.74, 6) is -0.211. The van der Waals surface area contributed by atoms with Crippen LogP contribution in [0.15, 0.2) is 36.5 Å². The molecule has 0 bridgehead atoms. The van der Waals surface area contributed by atoms with Gasteiger partial charge in [0.2, 0.25) is 0 Å². The van der Waals surface area contributed by atoms with E-state index in [9.17, 15) is 10.1 Å². The first-order valence-corrected chi connectivity index (χ1v) is 5.40. The largest absolute Gasteiger partial charge is 0.363 e. The van der Waals surface area contributed by atoms with Crippen molar-refractivity contribution < 1.29 is 4.92 Å². The molecule has 1 heterocycles. The molecule has 0 aliphatic heterocycles. The fourth-order valence-electron chi connectivity index (χ4n) is 1.42. The predicted octanol–water partition coefficient (Wildman–Crippen LogP) is 3.96.